The van der Waals surface area contributed by atoms with E-state index in [0.29, 0.717) is 23.3 Å². The number of hydrogen-bond acceptors (Lipinski definition) is 2. The van der Waals surface area contributed by atoms with Crippen LogP contribution in [0.4, 0.5) is 0 Å². The van der Waals surface area contributed by atoms with Gasteiger partial charge in [0.15, 0.2) is 0 Å². The molecule has 0 bridgehead atoms. The van der Waals surface area contributed by atoms with Crippen molar-refractivity contribution in [3.8, 4) is 0 Å². The standard InChI is InChI=1S/C21H30N2O.ClH/c1-2-13-23(18-8-7-16-5-3-4-6-17(16)14-18)20(24)19-15-21(19)9-11-22-12-10-21;/h3-6,18-19,22H,2,7-15H2,1H3;1H. The highest BCUT2D eigenvalue weighted by Crippen LogP contribution is 2.59. The SMILES string of the molecule is CCCN(C(=O)C1CC12CCNCC2)C1CCc2ccccc2C1.Cl. The number of hydrogen-bond donors (Lipinski definition) is 1. The summed E-state index contributed by atoms with van der Waals surface area (Å²) in [5.74, 6) is 0.770. The van der Waals surface area contributed by atoms with Gasteiger partial charge in [0.25, 0.3) is 0 Å². The molecule has 2 aliphatic carbocycles. The van der Waals surface area contributed by atoms with Crippen molar-refractivity contribution in [1.82, 2.24) is 10.2 Å². The highest BCUT2D eigenvalue weighted by atomic mass is 35.5. The van der Waals surface area contributed by atoms with E-state index in [1.54, 1.807) is 0 Å². The van der Waals surface area contributed by atoms with Crippen LogP contribution >= 0.6 is 12.4 Å². The van der Waals surface area contributed by atoms with Gasteiger partial charge in [-0.25, -0.2) is 0 Å². The number of amides is 1. The van der Waals surface area contributed by atoms with Crippen molar-refractivity contribution in [2.45, 2.75) is 57.9 Å². The van der Waals surface area contributed by atoms with Gasteiger partial charge >= 0.3 is 0 Å². The lowest BCUT2D eigenvalue weighted by Gasteiger charge is -2.36. The molecule has 2 unspecified atom stereocenters. The normalized spacial score (nSPS) is 26.4. The van der Waals surface area contributed by atoms with E-state index in [0.717, 1.165) is 51.7 Å². The minimum Gasteiger partial charge on any atom is -0.339 e. The second-order valence-electron chi connectivity index (χ2n) is 8.07. The molecule has 2 fully saturated rings. The van der Waals surface area contributed by atoms with Crippen LogP contribution in [0.2, 0.25) is 0 Å². The van der Waals surface area contributed by atoms with Crippen molar-refractivity contribution in [3.63, 3.8) is 0 Å². The summed E-state index contributed by atoms with van der Waals surface area (Å²) in [6.07, 6.45) is 7.87. The van der Waals surface area contributed by atoms with Crippen LogP contribution in [-0.4, -0.2) is 36.5 Å². The van der Waals surface area contributed by atoms with Crippen molar-refractivity contribution in [3.05, 3.63) is 35.4 Å². The van der Waals surface area contributed by atoms with Crippen LogP contribution in [0.1, 0.15) is 50.2 Å². The number of carbonyl (C=O) groups excluding carboxylic acids is 1. The predicted molar refractivity (Wildman–Crippen MR) is 104 cm³/mol. The van der Waals surface area contributed by atoms with Crippen molar-refractivity contribution >= 4 is 18.3 Å². The fourth-order valence-electron chi connectivity index (χ4n) is 5.03. The van der Waals surface area contributed by atoms with E-state index < -0.39 is 0 Å². The van der Waals surface area contributed by atoms with Crippen LogP contribution in [-0.2, 0) is 17.6 Å². The lowest BCUT2D eigenvalue weighted by Crippen LogP contribution is -2.45. The Labute approximate surface area is 158 Å². The smallest absolute Gasteiger partial charge is 0.226 e. The van der Waals surface area contributed by atoms with Gasteiger partial charge in [-0.1, -0.05) is 31.2 Å². The molecule has 25 heavy (non-hydrogen) atoms. The maximum absolute atomic E-state index is 13.3. The van der Waals surface area contributed by atoms with E-state index >= 15 is 0 Å². The Bertz CT molecular complexity index is 612. The Balaban J connectivity index is 0.00000182. The van der Waals surface area contributed by atoms with Crippen LogP contribution in [0.25, 0.3) is 0 Å². The van der Waals surface area contributed by atoms with Crippen molar-refractivity contribution in [1.29, 1.82) is 0 Å². The summed E-state index contributed by atoms with van der Waals surface area (Å²) in [5, 5.41) is 3.44. The zero-order valence-electron chi connectivity index (χ0n) is 15.3. The minimum atomic E-state index is 0. The number of carbonyl (C=O) groups is 1. The lowest BCUT2D eigenvalue weighted by molar-refractivity contribution is -0.136. The van der Waals surface area contributed by atoms with Crippen LogP contribution in [0, 0.1) is 11.3 Å². The van der Waals surface area contributed by atoms with E-state index in [2.05, 4.69) is 41.4 Å². The topological polar surface area (TPSA) is 32.3 Å². The van der Waals surface area contributed by atoms with Crippen LogP contribution in [0.3, 0.4) is 0 Å². The number of nitrogens with zero attached hydrogens (tertiary/aromatic N) is 1. The zero-order valence-corrected chi connectivity index (χ0v) is 16.1. The molecule has 4 rings (SSSR count). The molecular formula is C21H31ClN2O. The minimum absolute atomic E-state index is 0. The third-order valence-corrected chi connectivity index (χ3v) is 6.60. The molecule has 1 aromatic rings. The summed E-state index contributed by atoms with van der Waals surface area (Å²) in [6.45, 7) is 5.31. The van der Waals surface area contributed by atoms with Crippen molar-refractivity contribution in [2.24, 2.45) is 11.3 Å². The number of rotatable bonds is 4. The number of piperidine rings is 1. The quantitative estimate of drug-likeness (QED) is 0.887. The summed E-state index contributed by atoms with van der Waals surface area (Å²) < 4.78 is 0. The summed E-state index contributed by atoms with van der Waals surface area (Å²) in [6, 6.07) is 9.19. The molecular weight excluding hydrogens is 332 g/mol. The fraction of sp³-hybridized carbons (Fsp3) is 0.667. The van der Waals surface area contributed by atoms with Gasteiger partial charge < -0.3 is 10.2 Å². The monoisotopic (exact) mass is 362 g/mol. The predicted octanol–water partition coefficient (Wildman–Crippen LogP) is 3.59. The zero-order chi connectivity index (χ0) is 16.6. The number of halogens is 1. The molecule has 1 saturated carbocycles. The van der Waals surface area contributed by atoms with E-state index in [-0.39, 0.29) is 12.4 Å². The number of benzene rings is 1. The van der Waals surface area contributed by atoms with Gasteiger partial charge in [0, 0.05) is 18.5 Å². The molecule has 4 heteroatoms. The first-order valence-corrected chi connectivity index (χ1v) is 9.81. The Morgan fingerprint density at radius 3 is 2.68 bits per heavy atom. The number of nitrogens with one attached hydrogen (secondary N) is 1. The molecule has 1 spiro atoms. The Morgan fingerprint density at radius 2 is 1.96 bits per heavy atom. The Kier molecular flexibility index (Phi) is 5.75. The summed E-state index contributed by atoms with van der Waals surface area (Å²) in [4.78, 5) is 15.5. The largest absolute Gasteiger partial charge is 0.339 e. The molecule has 1 amide bonds. The molecule has 0 aromatic heterocycles. The van der Waals surface area contributed by atoms with Crippen LogP contribution in [0.5, 0.6) is 0 Å². The molecule has 3 nitrogen and oxygen atoms in total. The molecule has 3 aliphatic rings. The van der Waals surface area contributed by atoms with Gasteiger partial charge in [0.05, 0.1) is 0 Å². The molecule has 1 aliphatic heterocycles. The molecule has 0 radical (unpaired) electrons. The van der Waals surface area contributed by atoms with E-state index in [1.165, 1.54) is 24.0 Å². The van der Waals surface area contributed by atoms with E-state index in [9.17, 15) is 4.79 Å². The summed E-state index contributed by atoms with van der Waals surface area (Å²) in [5.41, 5.74) is 3.29. The second-order valence-corrected chi connectivity index (χ2v) is 8.07. The third-order valence-electron chi connectivity index (χ3n) is 6.60. The summed E-state index contributed by atoms with van der Waals surface area (Å²) >= 11 is 0. The first-order chi connectivity index (χ1) is 11.7. The third kappa shape index (κ3) is 3.59. The maximum Gasteiger partial charge on any atom is 0.226 e. The average Bonchev–Trinajstić information content (AvgIpc) is 3.32. The Morgan fingerprint density at radius 1 is 1.24 bits per heavy atom. The van der Waals surface area contributed by atoms with Gasteiger partial charge in [0.2, 0.25) is 5.91 Å². The van der Waals surface area contributed by atoms with Crippen molar-refractivity contribution in [2.75, 3.05) is 19.6 Å². The fourth-order valence-corrected chi connectivity index (χ4v) is 5.03. The lowest BCUT2D eigenvalue weighted by atomic mass is 9.86. The van der Waals surface area contributed by atoms with Gasteiger partial charge in [0.1, 0.15) is 0 Å². The number of fused-ring (bicyclic) bond motifs is 1. The first kappa shape index (κ1) is 18.7. The molecule has 2 atom stereocenters. The molecule has 1 saturated heterocycles. The van der Waals surface area contributed by atoms with E-state index in [4.69, 9.17) is 0 Å². The van der Waals surface area contributed by atoms with Gasteiger partial charge in [-0.2, -0.15) is 0 Å². The van der Waals surface area contributed by atoms with Gasteiger partial charge in [-0.15, -0.1) is 12.4 Å². The first-order valence-electron chi connectivity index (χ1n) is 9.81. The average molecular weight is 363 g/mol. The highest BCUT2D eigenvalue weighted by molar-refractivity contribution is 5.85. The second kappa shape index (κ2) is 7.67. The van der Waals surface area contributed by atoms with Gasteiger partial charge in [-0.05, 0) is 74.6 Å². The van der Waals surface area contributed by atoms with E-state index in [1.807, 2.05) is 0 Å². The van der Waals surface area contributed by atoms with Crippen LogP contribution in [0.15, 0.2) is 24.3 Å². The Hall–Kier alpha value is -1.06. The molecule has 1 heterocycles. The van der Waals surface area contributed by atoms with Crippen molar-refractivity contribution < 1.29 is 4.79 Å². The number of aryl methyl sites for hydroxylation is 1. The maximum atomic E-state index is 13.3. The summed E-state index contributed by atoms with van der Waals surface area (Å²) in [7, 11) is 0. The molecule has 1 aromatic carbocycles. The highest BCUT2D eigenvalue weighted by Gasteiger charge is 2.58. The molecule has 138 valence electrons. The van der Waals surface area contributed by atoms with Crippen LogP contribution < -0.4 is 5.32 Å². The molecule has 1 N–H and O–H groups in total. The van der Waals surface area contributed by atoms with Gasteiger partial charge in [-0.3, -0.25) is 4.79 Å².